The van der Waals surface area contributed by atoms with Gasteiger partial charge in [0, 0.05) is 12.5 Å². The van der Waals surface area contributed by atoms with Gasteiger partial charge >= 0.3 is 5.97 Å². The number of carbonyl (C=O) groups is 2. The Labute approximate surface area is 118 Å². The molecule has 1 aromatic rings. The third-order valence-electron chi connectivity index (χ3n) is 3.77. The van der Waals surface area contributed by atoms with Gasteiger partial charge in [-0.05, 0) is 18.9 Å². The van der Waals surface area contributed by atoms with Crippen LogP contribution in [0.5, 0.6) is 0 Å². The van der Waals surface area contributed by atoms with Gasteiger partial charge < -0.3 is 10.1 Å². The standard InChI is InChI=1S/C16H19NO3/c1-3-10-16(15(19)20-4-2)13(11-17-14(16)18)12-8-6-5-7-9-12/h3,5-9,13H,1,4,10-11H2,2H3,(H,17,18)/t13-,16-/m0/s1. The first kappa shape index (κ1) is 14.3. The largest absolute Gasteiger partial charge is 0.465 e. The molecule has 0 aromatic heterocycles. The molecule has 2 rings (SSSR count). The van der Waals surface area contributed by atoms with Crippen molar-refractivity contribution in [2.45, 2.75) is 19.3 Å². The van der Waals surface area contributed by atoms with Crippen molar-refractivity contribution in [3.63, 3.8) is 0 Å². The predicted molar refractivity (Wildman–Crippen MR) is 76.1 cm³/mol. The summed E-state index contributed by atoms with van der Waals surface area (Å²) in [6.07, 6.45) is 1.88. The Kier molecular flexibility index (Phi) is 4.23. The highest BCUT2D eigenvalue weighted by Crippen LogP contribution is 2.44. The van der Waals surface area contributed by atoms with Crippen molar-refractivity contribution in [2.24, 2.45) is 5.41 Å². The lowest BCUT2D eigenvalue weighted by Crippen LogP contribution is -2.43. The predicted octanol–water partition coefficient (Wildman–Crippen LogP) is 2.03. The zero-order valence-corrected chi connectivity index (χ0v) is 11.6. The molecule has 20 heavy (non-hydrogen) atoms. The SMILES string of the molecule is C=CC[C@@]1(C(=O)OCC)C(=O)NC[C@H]1c1ccccc1. The topological polar surface area (TPSA) is 55.4 Å². The molecule has 0 saturated carbocycles. The summed E-state index contributed by atoms with van der Waals surface area (Å²) >= 11 is 0. The van der Waals surface area contributed by atoms with E-state index in [9.17, 15) is 9.59 Å². The molecule has 0 aliphatic carbocycles. The van der Waals surface area contributed by atoms with E-state index in [2.05, 4.69) is 11.9 Å². The summed E-state index contributed by atoms with van der Waals surface area (Å²) in [4.78, 5) is 24.7. The molecule has 0 unspecified atom stereocenters. The summed E-state index contributed by atoms with van der Waals surface area (Å²) in [5, 5.41) is 2.80. The Morgan fingerprint density at radius 2 is 2.20 bits per heavy atom. The molecule has 4 heteroatoms. The molecule has 106 valence electrons. The molecule has 1 saturated heterocycles. The molecule has 1 N–H and O–H groups in total. The van der Waals surface area contributed by atoms with Gasteiger partial charge in [-0.25, -0.2) is 0 Å². The van der Waals surface area contributed by atoms with Crippen molar-refractivity contribution in [1.82, 2.24) is 5.32 Å². The molecule has 1 amide bonds. The second-order valence-electron chi connectivity index (χ2n) is 4.86. The Hall–Kier alpha value is -2.10. The molecule has 0 spiro atoms. The molecule has 1 aromatic carbocycles. The fraction of sp³-hybridized carbons (Fsp3) is 0.375. The van der Waals surface area contributed by atoms with Crippen LogP contribution in [0.15, 0.2) is 43.0 Å². The van der Waals surface area contributed by atoms with E-state index in [1.54, 1.807) is 13.0 Å². The monoisotopic (exact) mass is 273 g/mol. The molecule has 0 radical (unpaired) electrons. The molecule has 1 fully saturated rings. The molecule has 1 heterocycles. The van der Waals surface area contributed by atoms with Gasteiger partial charge in [0.15, 0.2) is 5.41 Å². The van der Waals surface area contributed by atoms with E-state index in [0.29, 0.717) is 6.54 Å². The first-order chi connectivity index (χ1) is 9.66. The van der Waals surface area contributed by atoms with Crippen molar-refractivity contribution in [3.8, 4) is 0 Å². The van der Waals surface area contributed by atoms with Gasteiger partial charge in [0.05, 0.1) is 6.61 Å². The third-order valence-corrected chi connectivity index (χ3v) is 3.77. The summed E-state index contributed by atoms with van der Waals surface area (Å²) in [7, 11) is 0. The van der Waals surface area contributed by atoms with Crippen LogP contribution in [0.2, 0.25) is 0 Å². The van der Waals surface area contributed by atoms with E-state index >= 15 is 0 Å². The highest BCUT2D eigenvalue weighted by atomic mass is 16.5. The minimum Gasteiger partial charge on any atom is -0.465 e. The van der Waals surface area contributed by atoms with Gasteiger partial charge in [-0.3, -0.25) is 9.59 Å². The zero-order chi connectivity index (χ0) is 14.6. The number of rotatable bonds is 5. The van der Waals surface area contributed by atoms with Gasteiger partial charge in [-0.15, -0.1) is 6.58 Å². The molecule has 4 nitrogen and oxygen atoms in total. The van der Waals surface area contributed by atoms with Crippen LogP contribution in [-0.2, 0) is 14.3 Å². The summed E-state index contributed by atoms with van der Waals surface area (Å²) in [6, 6.07) is 9.58. The first-order valence-corrected chi connectivity index (χ1v) is 6.78. The fourth-order valence-corrected chi connectivity index (χ4v) is 2.81. The van der Waals surface area contributed by atoms with Crippen LogP contribution < -0.4 is 5.32 Å². The van der Waals surface area contributed by atoms with Crippen molar-refractivity contribution in [1.29, 1.82) is 0 Å². The Morgan fingerprint density at radius 3 is 2.80 bits per heavy atom. The maximum absolute atomic E-state index is 12.4. The quantitative estimate of drug-likeness (QED) is 0.507. The summed E-state index contributed by atoms with van der Waals surface area (Å²) < 4.78 is 5.16. The highest BCUT2D eigenvalue weighted by Gasteiger charge is 2.56. The van der Waals surface area contributed by atoms with Crippen LogP contribution >= 0.6 is 0 Å². The number of esters is 1. The van der Waals surface area contributed by atoms with Gasteiger partial charge in [-0.1, -0.05) is 36.4 Å². The summed E-state index contributed by atoms with van der Waals surface area (Å²) in [5.41, 5.74) is -0.236. The van der Waals surface area contributed by atoms with Crippen molar-refractivity contribution in [3.05, 3.63) is 48.6 Å². The Morgan fingerprint density at radius 1 is 1.50 bits per heavy atom. The van der Waals surface area contributed by atoms with Gasteiger partial charge in [0.25, 0.3) is 0 Å². The van der Waals surface area contributed by atoms with Crippen molar-refractivity contribution >= 4 is 11.9 Å². The summed E-state index contributed by atoms with van der Waals surface area (Å²) in [6.45, 7) is 6.12. The van der Waals surface area contributed by atoms with Crippen molar-refractivity contribution in [2.75, 3.05) is 13.2 Å². The Bertz CT molecular complexity index is 512. The minimum absolute atomic E-state index is 0.228. The average Bonchev–Trinajstić information content (AvgIpc) is 2.79. The molecular weight excluding hydrogens is 254 g/mol. The molecular formula is C16H19NO3. The van der Waals surface area contributed by atoms with E-state index in [1.165, 1.54) is 0 Å². The number of allylic oxidation sites excluding steroid dienone is 1. The molecule has 0 bridgehead atoms. The summed E-state index contributed by atoms with van der Waals surface area (Å²) in [5.74, 6) is -0.971. The van der Waals surface area contributed by atoms with E-state index in [4.69, 9.17) is 4.74 Å². The van der Waals surface area contributed by atoms with Crippen LogP contribution in [0.3, 0.4) is 0 Å². The number of hydrogen-bond donors (Lipinski definition) is 1. The minimum atomic E-state index is -1.20. The second kappa shape index (κ2) is 5.90. The average molecular weight is 273 g/mol. The van der Waals surface area contributed by atoms with Gasteiger partial charge in [-0.2, -0.15) is 0 Å². The van der Waals surface area contributed by atoms with Crippen LogP contribution in [0.4, 0.5) is 0 Å². The number of carbonyl (C=O) groups excluding carboxylic acids is 2. The van der Waals surface area contributed by atoms with Crippen LogP contribution in [0.25, 0.3) is 0 Å². The second-order valence-corrected chi connectivity index (χ2v) is 4.86. The van der Waals surface area contributed by atoms with Crippen LogP contribution in [-0.4, -0.2) is 25.0 Å². The van der Waals surface area contributed by atoms with E-state index < -0.39 is 11.4 Å². The third kappa shape index (κ3) is 2.22. The van der Waals surface area contributed by atoms with Crippen LogP contribution in [0.1, 0.15) is 24.8 Å². The van der Waals surface area contributed by atoms with E-state index in [-0.39, 0.29) is 24.9 Å². The van der Waals surface area contributed by atoms with Crippen LogP contribution in [0, 0.1) is 5.41 Å². The van der Waals surface area contributed by atoms with Crippen molar-refractivity contribution < 1.29 is 14.3 Å². The fourth-order valence-electron chi connectivity index (χ4n) is 2.81. The lowest BCUT2D eigenvalue weighted by Gasteiger charge is -2.29. The maximum atomic E-state index is 12.4. The number of nitrogens with one attached hydrogen (secondary N) is 1. The van der Waals surface area contributed by atoms with Gasteiger partial charge in [0.1, 0.15) is 0 Å². The zero-order valence-electron chi connectivity index (χ0n) is 11.6. The lowest BCUT2D eigenvalue weighted by molar-refractivity contribution is -0.159. The van der Waals surface area contributed by atoms with Gasteiger partial charge in [0.2, 0.25) is 5.91 Å². The van der Waals surface area contributed by atoms with E-state index in [1.807, 2.05) is 30.3 Å². The Balaban J connectivity index is 2.46. The highest BCUT2D eigenvalue weighted by molar-refractivity contribution is 6.05. The lowest BCUT2D eigenvalue weighted by atomic mass is 9.71. The number of hydrogen-bond acceptors (Lipinski definition) is 3. The normalized spacial score (nSPS) is 25.1. The molecule has 1 aliphatic rings. The first-order valence-electron chi connectivity index (χ1n) is 6.78. The molecule has 2 atom stereocenters. The number of amides is 1. The molecule has 1 aliphatic heterocycles. The number of ether oxygens (including phenoxy) is 1. The van der Waals surface area contributed by atoms with E-state index in [0.717, 1.165) is 5.56 Å². The maximum Gasteiger partial charge on any atom is 0.322 e. The number of benzene rings is 1. The smallest absolute Gasteiger partial charge is 0.322 e.